The van der Waals surface area contributed by atoms with Gasteiger partial charge in [0.2, 0.25) is 5.95 Å². The van der Waals surface area contributed by atoms with E-state index in [0.29, 0.717) is 25.4 Å². The maximum absolute atomic E-state index is 11.2. The number of carbonyl (C=O) groups is 2. The van der Waals surface area contributed by atoms with Gasteiger partial charge in [-0.05, 0) is 44.4 Å². The molecule has 3 aliphatic rings. The first-order valence-electron chi connectivity index (χ1n) is 11.2. The number of aromatic nitrogens is 2. The van der Waals surface area contributed by atoms with Crippen LogP contribution in [0.4, 0.5) is 16.6 Å². The fourth-order valence-corrected chi connectivity index (χ4v) is 5.20. The quantitative estimate of drug-likeness (QED) is 0.661. The first kappa shape index (κ1) is 20.9. The second-order valence-corrected chi connectivity index (χ2v) is 9.69. The molecule has 0 saturated carbocycles. The number of nitrogens with zero attached hydrogens (tertiary/aromatic N) is 4. The van der Waals surface area contributed by atoms with Crippen molar-refractivity contribution in [2.24, 2.45) is 11.3 Å². The normalized spacial score (nSPS) is 20.8. The minimum absolute atomic E-state index is 0.0446. The van der Waals surface area contributed by atoms with Crippen molar-refractivity contribution in [2.75, 3.05) is 36.4 Å². The van der Waals surface area contributed by atoms with E-state index in [2.05, 4.69) is 24.1 Å². The number of aldehydes is 1. The van der Waals surface area contributed by atoms with Crippen LogP contribution in [-0.4, -0.2) is 64.6 Å². The maximum Gasteiger partial charge on any atom is 0.407 e. The third-order valence-corrected chi connectivity index (χ3v) is 6.69. The Kier molecular flexibility index (Phi) is 5.84. The predicted octanol–water partition coefficient (Wildman–Crippen LogP) is 2.96. The summed E-state index contributed by atoms with van der Waals surface area (Å²) < 4.78 is 0. The molecular formula is C22H33N5O3. The number of anilines is 2. The molecule has 2 saturated heterocycles. The smallest absolute Gasteiger partial charge is 0.407 e. The van der Waals surface area contributed by atoms with Crippen molar-refractivity contribution in [1.82, 2.24) is 14.9 Å². The van der Waals surface area contributed by atoms with Gasteiger partial charge in [-0.2, -0.15) is 4.98 Å². The van der Waals surface area contributed by atoms with Crippen LogP contribution in [0.5, 0.6) is 0 Å². The van der Waals surface area contributed by atoms with Crippen LogP contribution in [0.15, 0.2) is 0 Å². The van der Waals surface area contributed by atoms with Crippen molar-refractivity contribution in [3.63, 3.8) is 0 Å². The molecule has 3 heterocycles. The summed E-state index contributed by atoms with van der Waals surface area (Å²) in [6, 6.07) is 0.0805. The van der Waals surface area contributed by atoms with E-state index in [1.165, 1.54) is 10.5 Å². The summed E-state index contributed by atoms with van der Waals surface area (Å²) >= 11 is 0. The van der Waals surface area contributed by atoms with Gasteiger partial charge in [0, 0.05) is 49.6 Å². The number of amides is 1. The van der Waals surface area contributed by atoms with Gasteiger partial charge >= 0.3 is 6.09 Å². The Morgan fingerprint density at radius 1 is 1.23 bits per heavy atom. The second-order valence-electron chi connectivity index (χ2n) is 9.69. The summed E-state index contributed by atoms with van der Waals surface area (Å²) in [6.45, 7) is 7.20. The summed E-state index contributed by atoms with van der Waals surface area (Å²) in [5.74, 6) is 2.14. The molecule has 0 aromatic carbocycles. The van der Waals surface area contributed by atoms with Gasteiger partial charge in [-0.25, -0.2) is 9.78 Å². The Morgan fingerprint density at radius 2 is 2.00 bits per heavy atom. The van der Waals surface area contributed by atoms with Gasteiger partial charge in [0.25, 0.3) is 0 Å². The van der Waals surface area contributed by atoms with Crippen LogP contribution in [0.2, 0.25) is 0 Å². The van der Waals surface area contributed by atoms with Gasteiger partial charge in [0.1, 0.15) is 12.1 Å². The summed E-state index contributed by atoms with van der Waals surface area (Å²) in [4.78, 5) is 35.9. The minimum Gasteiger partial charge on any atom is -0.465 e. The zero-order valence-corrected chi connectivity index (χ0v) is 18.1. The van der Waals surface area contributed by atoms with Gasteiger partial charge in [-0.1, -0.05) is 13.8 Å². The lowest BCUT2D eigenvalue weighted by Gasteiger charge is -2.46. The summed E-state index contributed by atoms with van der Waals surface area (Å²) in [7, 11) is 0. The van der Waals surface area contributed by atoms with Crippen LogP contribution in [-0.2, 0) is 17.6 Å². The van der Waals surface area contributed by atoms with Gasteiger partial charge in [-0.15, -0.1) is 0 Å². The highest BCUT2D eigenvalue weighted by Gasteiger charge is 2.50. The highest BCUT2D eigenvalue weighted by atomic mass is 16.4. The van der Waals surface area contributed by atoms with E-state index in [4.69, 9.17) is 9.97 Å². The van der Waals surface area contributed by atoms with Gasteiger partial charge in [0.05, 0.1) is 5.69 Å². The third-order valence-electron chi connectivity index (χ3n) is 6.69. The van der Waals surface area contributed by atoms with Crippen LogP contribution < -0.4 is 10.2 Å². The van der Waals surface area contributed by atoms with Crippen molar-refractivity contribution in [3.05, 3.63) is 11.3 Å². The van der Waals surface area contributed by atoms with E-state index in [1.807, 2.05) is 0 Å². The summed E-state index contributed by atoms with van der Waals surface area (Å²) in [5.41, 5.74) is 2.38. The summed E-state index contributed by atoms with van der Waals surface area (Å²) in [6.07, 6.45) is 6.76. The molecule has 2 N–H and O–H groups in total. The molecule has 2 aliphatic heterocycles. The predicted molar refractivity (Wildman–Crippen MR) is 115 cm³/mol. The topological polar surface area (TPSA) is 98.7 Å². The second kappa shape index (κ2) is 8.40. The number of hydrogen-bond donors (Lipinski definition) is 2. The molecule has 1 amide bonds. The van der Waals surface area contributed by atoms with E-state index >= 15 is 0 Å². The van der Waals surface area contributed by atoms with E-state index in [9.17, 15) is 14.7 Å². The molecule has 1 aromatic rings. The van der Waals surface area contributed by atoms with Crippen LogP contribution in [0.1, 0.15) is 57.2 Å². The van der Waals surface area contributed by atoms with Crippen molar-refractivity contribution < 1.29 is 14.7 Å². The van der Waals surface area contributed by atoms with Crippen molar-refractivity contribution >= 4 is 24.1 Å². The molecule has 2 fully saturated rings. The van der Waals surface area contributed by atoms with Crippen LogP contribution >= 0.6 is 0 Å². The SMILES string of the molecule is CC(C)CC(CC=O)Nc1nc(N2CCC3(CN(C(=O)O)C3)C2)nc2c1CCCC2. The van der Waals surface area contributed by atoms with E-state index < -0.39 is 6.09 Å². The number of fused-ring (bicyclic) bond motifs is 1. The molecule has 0 bridgehead atoms. The molecule has 1 atom stereocenters. The average Bonchev–Trinajstić information content (AvgIpc) is 3.12. The molecule has 1 aliphatic carbocycles. The zero-order valence-electron chi connectivity index (χ0n) is 18.1. The number of hydrogen-bond acceptors (Lipinski definition) is 6. The highest BCUT2D eigenvalue weighted by Crippen LogP contribution is 2.41. The number of rotatable bonds is 7. The largest absolute Gasteiger partial charge is 0.465 e. The number of carbonyl (C=O) groups excluding carboxylic acids is 1. The Morgan fingerprint density at radius 3 is 2.70 bits per heavy atom. The molecule has 8 heteroatoms. The van der Waals surface area contributed by atoms with E-state index in [0.717, 1.165) is 75.4 Å². The molecule has 8 nitrogen and oxygen atoms in total. The Balaban J connectivity index is 1.55. The third kappa shape index (κ3) is 4.23. The van der Waals surface area contributed by atoms with Crippen molar-refractivity contribution in [1.29, 1.82) is 0 Å². The average molecular weight is 416 g/mol. The molecule has 30 heavy (non-hydrogen) atoms. The molecule has 1 spiro atoms. The number of nitrogens with one attached hydrogen (secondary N) is 1. The molecule has 1 unspecified atom stereocenters. The Labute approximate surface area is 178 Å². The fraction of sp³-hybridized carbons (Fsp3) is 0.727. The van der Waals surface area contributed by atoms with E-state index in [-0.39, 0.29) is 11.5 Å². The fourth-order valence-electron chi connectivity index (χ4n) is 5.20. The van der Waals surface area contributed by atoms with E-state index in [1.54, 1.807) is 0 Å². The van der Waals surface area contributed by atoms with Gasteiger partial charge in [-0.3, -0.25) is 0 Å². The number of aryl methyl sites for hydroxylation is 1. The molecule has 0 radical (unpaired) electrons. The monoisotopic (exact) mass is 415 g/mol. The molecule has 1 aromatic heterocycles. The van der Waals surface area contributed by atoms with Gasteiger partial charge in [0.15, 0.2) is 0 Å². The van der Waals surface area contributed by atoms with Crippen LogP contribution in [0, 0.1) is 11.3 Å². The first-order valence-corrected chi connectivity index (χ1v) is 11.2. The number of carboxylic acid groups (broad SMARTS) is 1. The lowest BCUT2D eigenvalue weighted by Crippen LogP contribution is -2.59. The van der Waals surface area contributed by atoms with Gasteiger partial charge < -0.3 is 25.0 Å². The first-order chi connectivity index (χ1) is 14.4. The van der Waals surface area contributed by atoms with Crippen molar-refractivity contribution in [2.45, 2.75) is 64.8 Å². The maximum atomic E-state index is 11.2. The Bertz CT molecular complexity index is 806. The molecule has 164 valence electrons. The summed E-state index contributed by atoms with van der Waals surface area (Å²) in [5, 5.41) is 12.8. The van der Waals surface area contributed by atoms with Crippen LogP contribution in [0.3, 0.4) is 0 Å². The molecule has 4 rings (SSSR count). The Hall–Kier alpha value is -2.38. The molecular weight excluding hydrogens is 382 g/mol. The van der Waals surface area contributed by atoms with Crippen molar-refractivity contribution in [3.8, 4) is 0 Å². The lowest BCUT2D eigenvalue weighted by molar-refractivity contribution is -0.108. The standard InChI is InChI=1S/C22H33N5O3/c1-15(2)11-16(7-10-28)23-19-17-5-3-4-6-18(17)24-20(25-19)26-9-8-22(12-26)13-27(14-22)21(29)30/h10,15-16H,3-9,11-14H2,1-2H3,(H,29,30)(H,23,24,25). The zero-order chi connectivity index (χ0) is 21.3. The lowest BCUT2D eigenvalue weighted by atomic mass is 9.79. The minimum atomic E-state index is -0.832. The highest BCUT2D eigenvalue weighted by molar-refractivity contribution is 5.66. The number of likely N-dealkylation sites (tertiary alicyclic amines) is 1. The van der Waals surface area contributed by atoms with Crippen LogP contribution in [0.25, 0.3) is 0 Å².